The lowest BCUT2D eigenvalue weighted by atomic mass is 10.1. The lowest BCUT2D eigenvalue weighted by molar-refractivity contribution is 0.212. The van der Waals surface area contributed by atoms with Gasteiger partial charge in [0.1, 0.15) is 5.76 Å². The molecule has 1 aliphatic carbocycles. The predicted octanol–water partition coefficient (Wildman–Crippen LogP) is 1.68. The molecule has 0 spiro atoms. The topological polar surface area (TPSA) is 21.3 Å². The van der Waals surface area contributed by atoms with Crippen LogP contribution in [0.4, 0.5) is 0 Å². The minimum Gasteiger partial charge on any atom is -0.496 e. The standard InChI is InChI=1S/C10H17NO/c1-11-9(7-8-4-5-8)10-3-2-6-12-10/h3,8-9,11H,2,4-7H2,1H3. The van der Waals surface area contributed by atoms with Gasteiger partial charge in [-0.05, 0) is 25.5 Å². The Morgan fingerprint density at radius 1 is 1.67 bits per heavy atom. The summed E-state index contributed by atoms with van der Waals surface area (Å²) in [5.41, 5.74) is 0. The Morgan fingerprint density at radius 2 is 2.50 bits per heavy atom. The molecule has 1 aliphatic heterocycles. The number of nitrogens with one attached hydrogen (secondary N) is 1. The zero-order chi connectivity index (χ0) is 8.39. The number of ether oxygens (including phenoxy) is 1. The summed E-state index contributed by atoms with van der Waals surface area (Å²) in [5, 5.41) is 3.32. The minimum absolute atomic E-state index is 0.486. The molecule has 0 aromatic rings. The van der Waals surface area contributed by atoms with Gasteiger partial charge in [-0.2, -0.15) is 0 Å². The fourth-order valence-electron chi connectivity index (χ4n) is 1.74. The molecule has 2 nitrogen and oxygen atoms in total. The third-order valence-electron chi connectivity index (χ3n) is 2.69. The largest absolute Gasteiger partial charge is 0.496 e. The molecule has 12 heavy (non-hydrogen) atoms. The summed E-state index contributed by atoms with van der Waals surface area (Å²) in [6.45, 7) is 0.887. The first-order valence-corrected chi connectivity index (χ1v) is 4.90. The highest BCUT2D eigenvalue weighted by Gasteiger charge is 2.27. The van der Waals surface area contributed by atoms with Crippen molar-refractivity contribution in [2.45, 2.75) is 31.7 Å². The fraction of sp³-hybridized carbons (Fsp3) is 0.800. The number of likely N-dealkylation sites (N-methyl/N-ethyl adjacent to an activating group) is 1. The second-order valence-corrected chi connectivity index (χ2v) is 3.76. The van der Waals surface area contributed by atoms with Crippen LogP contribution < -0.4 is 5.32 Å². The SMILES string of the molecule is CNC(CC1CC1)C1=CCCO1. The van der Waals surface area contributed by atoms with E-state index in [1.165, 1.54) is 25.0 Å². The van der Waals surface area contributed by atoms with E-state index in [1.54, 1.807) is 0 Å². The van der Waals surface area contributed by atoms with E-state index in [0.717, 1.165) is 18.9 Å². The van der Waals surface area contributed by atoms with Crippen molar-refractivity contribution in [3.63, 3.8) is 0 Å². The lowest BCUT2D eigenvalue weighted by Crippen LogP contribution is -2.28. The second-order valence-electron chi connectivity index (χ2n) is 3.76. The van der Waals surface area contributed by atoms with Gasteiger partial charge in [-0.25, -0.2) is 0 Å². The first-order valence-electron chi connectivity index (χ1n) is 4.90. The Kier molecular flexibility index (Phi) is 2.35. The van der Waals surface area contributed by atoms with Crippen LogP contribution in [0.15, 0.2) is 11.8 Å². The molecule has 0 radical (unpaired) electrons. The highest BCUT2D eigenvalue weighted by molar-refractivity contribution is 5.07. The molecular formula is C10H17NO. The maximum Gasteiger partial charge on any atom is 0.109 e. The quantitative estimate of drug-likeness (QED) is 0.688. The number of rotatable bonds is 4. The molecule has 1 unspecified atom stereocenters. The summed E-state index contributed by atoms with van der Waals surface area (Å²) in [4.78, 5) is 0. The van der Waals surface area contributed by atoms with Gasteiger partial charge in [0.25, 0.3) is 0 Å². The van der Waals surface area contributed by atoms with Crippen LogP contribution in [0.25, 0.3) is 0 Å². The second kappa shape index (κ2) is 3.48. The molecule has 0 aromatic heterocycles. The van der Waals surface area contributed by atoms with Gasteiger partial charge in [-0.3, -0.25) is 0 Å². The summed E-state index contributed by atoms with van der Waals surface area (Å²) in [6.07, 6.45) is 7.43. The molecule has 1 atom stereocenters. The van der Waals surface area contributed by atoms with Gasteiger partial charge in [0.2, 0.25) is 0 Å². The Hall–Kier alpha value is -0.500. The average molecular weight is 167 g/mol. The van der Waals surface area contributed by atoms with Crippen LogP contribution in [0.3, 0.4) is 0 Å². The van der Waals surface area contributed by atoms with Crippen LogP contribution in [0, 0.1) is 5.92 Å². The summed E-state index contributed by atoms with van der Waals surface area (Å²) in [7, 11) is 2.02. The Bertz CT molecular complexity index is 184. The molecule has 2 aliphatic rings. The molecule has 0 aromatic carbocycles. The van der Waals surface area contributed by atoms with E-state index in [9.17, 15) is 0 Å². The molecule has 1 saturated carbocycles. The van der Waals surface area contributed by atoms with Crippen LogP contribution in [-0.2, 0) is 4.74 Å². The van der Waals surface area contributed by atoms with Gasteiger partial charge < -0.3 is 10.1 Å². The van der Waals surface area contributed by atoms with Crippen LogP contribution in [0.5, 0.6) is 0 Å². The zero-order valence-corrected chi connectivity index (χ0v) is 7.68. The molecule has 68 valence electrons. The van der Waals surface area contributed by atoms with Crippen LogP contribution in [0.2, 0.25) is 0 Å². The van der Waals surface area contributed by atoms with Crippen molar-refractivity contribution in [2.24, 2.45) is 5.92 Å². The predicted molar refractivity (Wildman–Crippen MR) is 48.8 cm³/mol. The van der Waals surface area contributed by atoms with Crippen molar-refractivity contribution in [3.05, 3.63) is 11.8 Å². The van der Waals surface area contributed by atoms with Crippen LogP contribution in [-0.4, -0.2) is 19.7 Å². The molecule has 2 heteroatoms. The molecular weight excluding hydrogens is 150 g/mol. The maximum atomic E-state index is 5.53. The van der Waals surface area contributed by atoms with Gasteiger partial charge in [0.15, 0.2) is 0 Å². The number of hydrogen-bond acceptors (Lipinski definition) is 2. The summed E-state index contributed by atoms with van der Waals surface area (Å²) in [6, 6.07) is 0.486. The van der Waals surface area contributed by atoms with E-state index in [4.69, 9.17) is 4.74 Å². The first-order chi connectivity index (χ1) is 5.90. The average Bonchev–Trinajstić information content (AvgIpc) is 2.74. The molecule has 1 N–H and O–H groups in total. The summed E-state index contributed by atoms with van der Waals surface area (Å²) in [5.74, 6) is 2.15. The van der Waals surface area contributed by atoms with Crippen molar-refractivity contribution < 1.29 is 4.74 Å². The molecule has 0 saturated heterocycles. The van der Waals surface area contributed by atoms with Crippen molar-refractivity contribution in [1.82, 2.24) is 5.32 Å². The summed E-state index contributed by atoms with van der Waals surface area (Å²) < 4.78 is 5.53. The fourth-order valence-corrected chi connectivity index (χ4v) is 1.74. The van der Waals surface area contributed by atoms with E-state index in [2.05, 4.69) is 11.4 Å². The van der Waals surface area contributed by atoms with Gasteiger partial charge in [-0.1, -0.05) is 12.8 Å². The third-order valence-corrected chi connectivity index (χ3v) is 2.69. The minimum atomic E-state index is 0.486. The molecule has 1 fully saturated rings. The van der Waals surface area contributed by atoms with Crippen LogP contribution in [0.1, 0.15) is 25.7 Å². The van der Waals surface area contributed by atoms with Gasteiger partial charge in [-0.15, -0.1) is 0 Å². The molecule has 0 amide bonds. The van der Waals surface area contributed by atoms with E-state index in [0.29, 0.717) is 6.04 Å². The molecule has 1 heterocycles. The van der Waals surface area contributed by atoms with Gasteiger partial charge >= 0.3 is 0 Å². The smallest absolute Gasteiger partial charge is 0.109 e. The Balaban J connectivity index is 1.87. The highest BCUT2D eigenvalue weighted by atomic mass is 16.5. The monoisotopic (exact) mass is 167 g/mol. The maximum absolute atomic E-state index is 5.53. The van der Waals surface area contributed by atoms with E-state index >= 15 is 0 Å². The third kappa shape index (κ3) is 1.81. The van der Waals surface area contributed by atoms with Gasteiger partial charge in [0.05, 0.1) is 12.6 Å². The first kappa shape index (κ1) is 8.11. The molecule has 0 bridgehead atoms. The van der Waals surface area contributed by atoms with Crippen molar-refractivity contribution in [3.8, 4) is 0 Å². The van der Waals surface area contributed by atoms with Crippen molar-refractivity contribution >= 4 is 0 Å². The zero-order valence-electron chi connectivity index (χ0n) is 7.68. The number of hydrogen-bond donors (Lipinski definition) is 1. The Morgan fingerprint density at radius 3 is 3.00 bits per heavy atom. The lowest BCUT2D eigenvalue weighted by Gasteiger charge is -2.16. The van der Waals surface area contributed by atoms with E-state index in [-0.39, 0.29) is 0 Å². The summed E-state index contributed by atoms with van der Waals surface area (Å²) >= 11 is 0. The van der Waals surface area contributed by atoms with Crippen molar-refractivity contribution in [1.29, 1.82) is 0 Å². The van der Waals surface area contributed by atoms with Crippen LogP contribution >= 0.6 is 0 Å². The van der Waals surface area contributed by atoms with Gasteiger partial charge in [0, 0.05) is 6.42 Å². The highest BCUT2D eigenvalue weighted by Crippen LogP contribution is 2.35. The normalized spacial score (nSPS) is 24.9. The van der Waals surface area contributed by atoms with Crippen molar-refractivity contribution in [2.75, 3.05) is 13.7 Å². The Labute approximate surface area is 74.0 Å². The van der Waals surface area contributed by atoms with E-state index < -0.39 is 0 Å². The van der Waals surface area contributed by atoms with E-state index in [1.807, 2.05) is 7.05 Å². The molecule has 2 rings (SSSR count).